The number of alkyl halides is 3. The van der Waals surface area contributed by atoms with E-state index in [0.29, 0.717) is 13.1 Å². The van der Waals surface area contributed by atoms with Crippen molar-refractivity contribution < 1.29 is 13.2 Å². The summed E-state index contributed by atoms with van der Waals surface area (Å²) in [6.07, 6.45) is 1.32. The molecule has 1 aliphatic carbocycles. The van der Waals surface area contributed by atoms with Gasteiger partial charge in [0.05, 0.1) is 6.54 Å². The molecule has 0 unspecified atom stereocenters. The molecule has 0 heterocycles. The van der Waals surface area contributed by atoms with Gasteiger partial charge >= 0.3 is 6.18 Å². The molecule has 1 saturated carbocycles. The molecule has 0 aromatic heterocycles. The van der Waals surface area contributed by atoms with Gasteiger partial charge in [0, 0.05) is 12.1 Å². The third kappa shape index (κ3) is 4.14. The Bertz CT molecular complexity index is 222. The first kappa shape index (κ1) is 14.8. The van der Waals surface area contributed by atoms with E-state index in [9.17, 15) is 13.2 Å². The van der Waals surface area contributed by atoms with Gasteiger partial charge in [-0.15, -0.1) is 0 Å². The highest BCUT2D eigenvalue weighted by molar-refractivity contribution is 4.94. The SMILES string of the molecule is CCCN(CC(F)(F)F)C1(CN)CCCCC1. The Morgan fingerprint density at radius 3 is 2.18 bits per heavy atom. The van der Waals surface area contributed by atoms with Gasteiger partial charge in [0.25, 0.3) is 0 Å². The van der Waals surface area contributed by atoms with Gasteiger partial charge in [0.2, 0.25) is 0 Å². The van der Waals surface area contributed by atoms with Crippen molar-refractivity contribution in [2.24, 2.45) is 5.73 Å². The largest absolute Gasteiger partial charge is 0.401 e. The third-order valence-electron chi connectivity index (χ3n) is 3.70. The zero-order chi connectivity index (χ0) is 12.9. The molecule has 0 radical (unpaired) electrons. The summed E-state index contributed by atoms with van der Waals surface area (Å²) in [5.41, 5.74) is 5.37. The highest BCUT2D eigenvalue weighted by atomic mass is 19.4. The van der Waals surface area contributed by atoms with Crippen LogP contribution in [0.4, 0.5) is 13.2 Å². The monoisotopic (exact) mass is 252 g/mol. The zero-order valence-electron chi connectivity index (χ0n) is 10.5. The molecule has 1 rings (SSSR count). The van der Waals surface area contributed by atoms with Crippen molar-refractivity contribution in [1.29, 1.82) is 0 Å². The molecule has 2 N–H and O–H groups in total. The highest BCUT2D eigenvalue weighted by Gasteiger charge is 2.41. The van der Waals surface area contributed by atoms with E-state index in [-0.39, 0.29) is 0 Å². The second-order valence-electron chi connectivity index (χ2n) is 5.03. The quantitative estimate of drug-likeness (QED) is 0.815. The molecule has 102 valence electrons. The first-order chi connectivity index (χ1) is 7.93. The summed E-state index contributed by atoms with van der Waals surface area (Å²) in [7, 11) is 0. The van der Waals surface area contributed by atoms with E-state index in [1.807, 2.05) is 6.92 Å². The summed E-state index contributed by atoms with van der Waals surface area (Å²) in [5.74, 6) is 0. The molecule has 1 aliphatic rings. The molecule has 0 saturated heterocycles. The van der Waals surface area contributed by atoms with Gasteiger partial charge in [-0.1, -0.05) is 26.2 Å². The Labute approximate surface area is 101 Å². The van der Waals surface area contributed by atoms with E-state index in [2.05, 4.69) is 0 Å². The van der Waals surface area contributed by atoms with E-state index >= 15 is 0 Å². The fourth-order valence-electron chi connectivity index (χ4n) is 2.83. The summed E-state index contributed by atoms with van der Waals surface area (Å²) in [6, 6.07) is 0. The summed E-state index contributed by atoms with van der Waals surface area (Å²) < 4.78 is 37.8. The maximum Gasteiger partial charge on any atom is 0.401 e. The lowest BCUT2D eigenvalue weighted by atomic mass is 9.80. The number of rotatable bonds is 5. The lowest BCUT2D eigenvalue weighted by Gasteiger charge is -2.46. The average molecular weight is 252 g/mol. The number of hydrogen-bond donors (Lipinski definition) is 1. The summed E-state index contributed by atoms with van der Waals surface area (Å²) in [4.78, 5) is 1.58. The predicted octanol–water partition coefficient (Wildman–Crippen LogP) is 2.92. The molecular formula is C12H23F3N2. The number of nitrogens with zero attached hydrogens (tertiary/aromatic N) is 1. The van der Waals surface area contributed by atoms with Crippen LogP contribution in [0.2, 0.25) is 0 Å². The standard InChI is InChI=1S/C12H23F3N2/c1-2-8-17(10-12(13,14)15)11(9-16)6-4-3-5-7-11/h2-10,16H2,1H3. The third-order valence-corrected chi connectivity index (χ3v) is 3.70. The van der Waals surface area contributed by atoms with Gasteiger partial charge < -0.3 is 5.73 Å². The first-order valence-electron chi connectivity index (χ1n) is 6.45. The molecule has 0 aromatic carbocycles. The van der Waals surface area contributed by atoms with Crippen LogP contribution in [0, 0.1) is 0 Å². The van der Waals surface area contributed by atoms with Gasteiger partial charge in [-0.25, -0.2) is 0 Å². The lowest BCUT2D eigenvalue weighted by Crippen LogP contribution is -2.57. The van der Waals surface area contributed by atoms with Gasteiger partial charge in [-0.3, -0.25) is 4.90 Å². The maximum absolute atomic E-state index is 12.6. The van der Waals surface area contributed by atoms with Crippen molar-refractivity contribution in [2.75, 3.05) is 19.6 Å². The Hall–Kier alpha value is -0.290. The van der Waals surface area contributed by atoms with Crippen LogP contribution in [-0.4, -0.2) is 36.2 Å². The summed E-state index contributed by atoms with van der Waals surface area (Å²) in [5, 5.41) is 0. The van der Waals surface area contributed by atoms with Gasteiger partial charge in [0.15, 0.2) is 0 Å². The second kappa shape index (κ2) is 6.05. The van der Waals surface area contributed by atoms with Crippen molar-refractivity contribution in [2.45, 2.75) is 57.2 Å². The molecule has 0 bridgehead atoms. The van der Waals surface area contributed by atoms with Crippen LogP contribution in [0.25, 0.3) is 0 Å². The van der Waals surface area contributed by atoms with Crippen LogP contribution in [0.1, 0.15) is 45.4 Å². The number of halogens is 3. The van der Waals surface area contributed by atoms with Gasteiger partial charge in [-0.2, -0.15) is 13.2 Å². The van der Waals surface area contributed by atoms with Gasteiger partial charge in [0.1, 0.15) is 0 Å². The van der Waals surface area contributed by atoms with E-state index in [0.717, 1.165) is 38.5 Å². The Kier molecular flexibility index (Phi) is 5.25. The minimum atomic E-state index is -4.13. The normalized spacial score (nSPS) is 20.8. The minimum absolute atomic E-state index is 0.336. The molecule has 5 heteroatoms. The van der Waals surface area contributed by atoms with Crippen molar-refractivity contribution >= 4 is 0 Å². The molecule has 17 heavy (non-hydrogen) atoms. The fourth-order valence-corrected chi connectivity index (χ4v) is 2.83. The molecule has 0 aromatic rings. The van der Waals surface area contributed by atoms with Gasteiger partial charge in [-0.05, 0) is 25.8 Å². The van der Waals surface area contributed by atoms with Crippen molar-refractivity contribution in [3.05, 3.63) is 0 Å². The van der Waals surface area contributed by atoms with Crippen molar-refractivity contribution in [3.63, 3.8) is 0 Å². The number of nitrogens with two attached hydrogens (primary N) is 1. The Morgan fingerprint density at radius 2 is 1.76 bits per heavy atom. The van der Waals surface area contributed by atoms with E-state index in [1.165, 1.54) is 0 Å². The summed E-state index contributed by atoms with van der Waals surface area (Å²) >= 11 is 0. The molecule has 0 atom stereocenters. The summed E-state index contributed by atoms with van der Waals surface area (Å²) in [6.45, 7) is 1.91. The Balaban J connectivity index is 2.77. The molecule has 0 aliphatic heterocycles. The Morgan fingerprint density at radius 1 is 1.18 bits per heavy atom. The van der Waals surface area contributed by atoms with Crippen LogP contribution >= 0.6 is 0 Å². The maximum atomic E-state index is 12.6. The topological polar surface area (TPSA) is 29.3 Å². The molecule has 1 fully saturated rings. The van der Waals surface area contributed by atoms with Crippen LogP contribution in [0.3, 0.4) is 0 Å². The molecule has 2 nitrogen and oxygen atoms in total. The van der Waals surface area contributed by atoms with Crippen molar-refractivity contribution in [1.82, 2.24) is 4.90 Å². The second-order valence-corrected chi connectivity index (χ2v) is 5.03. The lowest BCUT2D eigenvalue weighted by molar-refractivity contribution is -0.161. The van der Waals surface area contributed by atoms with E-state index in [4.69, 9.17) is 5.73 Å². The average Bonchev–Trinajstić information content (AvgIpc) is 2.28. The molecule has 0 amide bonds. The van der Waals surface area contributed by atoms with Crippen LogP contribution < -0.4 is 5.73 Å². The van der Waals surface area contributed by atoms with E-state index in [1.54, 1.807) is 4.90 Å². The van der Waals surface area contributed by atoms with Crippen molar-refractivity contribution in [3.8, 4) is 0 Å². The van der Waals surface area contributed by atoms with Crippen LogP contribution in [-0.2, 0) is 0 Å². The predicted molar refractivity (Wildman–Crippen MR) is 62.8 cm³/mol. The molecular weight excluding hydrogens is 229 g/mol. The van der Waals surface area contributed by atoms with Crippen LogP contribution in [0.5, 0.6) is 0 Å². The first-order valence-corrected chi connectivity index (χ1v) is 6.45. The fraction of sp³-hybridized carbons (Fsp3) is 1.00. The molecule has 0 spiro atoms. The minimum Gasteiger partial charge on any atom is -0.329 e. The highest BCUT2D eigenvalue weighted by Crippen LogP contribution is 2.35. The smallest absolute Gasteiger partial charge is 0.329 e. The van der Waals surface area contributed by atoms with E-state index < -0.39 is 18.3 Å². The number of hydrogen-bond acceptors (Lipinski definition) is 2. The zero-order valence-corrected chi connectivity index (χ0v) is 10.5. The van der Waals surface area contributed by atoms with Crippen LogP contribution in [0.15, 0.2) is 0 Å².